The summed E-state index contributed by atoms with van der Waals surface area (Å²) in [5.41, 5.74) is 0. The number of hydrogen-bond acceptors (Lipinski definition) is 2. The minimum Gasteiger partial charge on any atom is -0.492 e. The summed E-state index contributed by atoms with van der Waals surface area (Å²) in [7, 11) is 0. The predicted octanol–water partition coefficient (Wildman–Crippen LogP) is 2.57. The number of imidazole rings is 1. The highest BCUT2D eigenvalue weighted by Crippen LogP contribution is 2.13. The van der Waals surface area contributed by atoms with Crippen molar-refractivity contribution in [1.82, 2.24) is 9.55 Å². The topological polar surface area (TPSA) is 27.1 Å². The van der Waals surface area contributed by atoms with E-state index in [4.69, 9.17) is 4.74 Å². The van der Waals surface area contributed by atoms with Crippen LogP contribution in [0.4, 0.5) is 0 Å². The molecule has 0 amide bonds. The van der Waals surface area contributed by atoms with Crippen molar-refractivity contribution in [3.05, 3.63) is 46.6 Å². The SMILES string of the molecule is Ic1ccc(OCCn2ccnc2)cc1. The van der Waals surface area contributed by atoms with Crippen LogP contribution in [0.2, 0.25) is 0 Å². The molecule has 2 aromatic rings. The van der Waals surface area contributed by atoms with E-state index < -0.39 is 0 Å². The van der Waals surface area contributed by atoms with Gasteiger partial charge in [-0.1, -0.05) is 0 Å². The van der Waals surface area contributed by atoms with Gasteiger partial charge in [0.1, 0.15) is 12.4 Å². The van der Waals surface area contributed by atoms with E-state index in [1.165, 1.54) is 3.57 Å². The van der Waals surface area contributed by atoms with Crippen LogP contribution >= 0.6 is 22.6 Å². The fraction of sp³-hybridized carbons (Fsp3) is 0.182. The lowest BCUT2D eigenvalue weighted by Gasteiger charge is -2.06. The first-order valence-electron chi connectivity index (χ1n) is 4.69. The van der Waals surface area contributed by atoms with Crippen LogP contribution in [0, 0.1) is 3.57 Å². The van der Waals surface area contributed by atoms with E-state index >= 15 is 0 Å². The second-order valence-electron chi connectivity index (χ2n) is 3.10. The Morgan fingerprint density at radius 3 is 2.73 bits per heavy atom. The summed E-state index contributed by atoms with van der Waals surface area (Å²) in [6, 6.07) is 8.03. The molecule has 0 saturated heterocycles. The summed E-state index contributed by atoms with van der Waals surface area (Å²) in [5, 5.41) is 0. The molecule has 78 valence electrons. The summed E-state index contributed by atoms with van der Waals surface area (Å²) in [4.78, 5) is 3.97. The molecule has 0 bridgehead atoms. The average Bonchev–Trinajstić information content (AvgIpc) is 2.74. The van der Waals surface area contributed by atoms with E-state index in [1.54, 1.807) is 12.5 Å². The molecule has 0 atom stereocenters. The summed E-state index contributed by atoms with van der Waals surface area (Å²) in [5.74, 6) is 0.913. The maximum Gasteiger partial charge on any atom is 0.119 e. The van der Waals surface area contributed by atoms with Crippen LogP contribution in [0.25, 0.3) is 0 Å². The van der Waals surface area contributed by atoms with Crippen molar-refractivity contribution in [2.45, 2.75) is 6.54 Å². The van der Waals surface area contributed by atoms with Crippen molar-refractivity contribution in [2.24, 2.45) is 0 Å². The summed E-state index contributed by atoms with van der Waals surface area (Å²) in [6.07, 6.45) is 5.49. The lowest BCUT2D eigenvalue weighted by atomic mass is 10.3. The molecule has 1 aromatic carbocycles. The fourth-order valence-electron chi connectivity index (χ4n) is 1.22. The van der Waals surface area contributed by atoms with Crippen molar-refractivity contribution in [1.29, 1.82) is 0 Å². The Bertz CT molecular complexity index is 397. The van der Waals surface area contributed by atoms with E-state index in [9.17, 15) is 0 Å². The molecule has 15 heavy (non-hydrogen) atoms. The van der Waals surface area contributed by atoms with E-state index in [0.717, 1.165) is 12.3 Å². The average molecular weight is 314 g/mol. The summed E-state index contributed by atoms with van der Waals surface area (Å²) in [6.45, 7) is 1.49. The Labute approximate surface area is 102 Å². The van der Waals surface area contributed by atoms with Gasteiger partial charge in [-0.15, -0.1) is 0 Å². The van der Waals surface area contributed by atoms with Crippen molar-refractivity contribution in [3.63, 3.8) is 0 Å². The van der Waals surface area contributed by atoms with Crippen molar-refractivity contribution < 1.29 is 4.74 Å². The minimum absolute atomic E-state index is 0.664. The van der Waals surface area contributed by atoms with Crippen molar-refractivity contribution in [3.8, 4) is 5.75 Å². The number of hydrogen-bond donors (Lipinski definition) is 0. The van der Waals surface area contributed by atoms with Crippen molar-refractivity contribution in [2.75, 3.05) is 6.61 Å². The molecule has 0 unspecified atom stereocenters. The molecular formula is C11H11IN2O. The summed E-state index contributed by atoms with van der Waals surface area (Å²) >= 11 is 2.27. The lowest BCUT2D eigenvalue weighted by molar-refractivity contribution is 0.298. The Balaban J connectivity index is 1.81. The van der Waals surface area contributed by atoms with Crippen LogP contribution in [0.15, 0.2) is 43.0 Å². The van der Waals surface area contributed by atoms with Gasteiger partial charge in [0.25, 0.3) is 0 Å². The van der Waals surface area contributed by atoms with Crippen LogP contribution in [0.1, 0.15) is 0 Å². The van der Waals surface area contributed by atoms with Crippen LogP contribution in [0.3, 0.4) is 0 Å². The first-order valence-corrected chi connectivity index (χ1v) is 5.76. The lowest BCUT2D eigenvalue weighted by Crippen LogP contribution is -2.06. The monoisotopic (exact) mass is 314 g/mol. The molecule has 0 fully saturated rings. The van der Waals surface area contributed by atoms with Crippen LogP contribution in [-0.2, 0) is 6.54 Å². The van der Waals surface area contributed by atoms with Gasteiger partial charge in [-0.2, -0.15) is 0 Å². The highest BCUT2D eigenvalue weighted by molar-refractivity contribution is 14.1. The standard InChI is InChI=1S/C11H11IN2O/c12-10-1-3-11(4-2-10)15-8-7-14-6-5-13-9-14/h1-6,9H,7-8H2. The third-order valence-corrected chi connectivity index (χ3v) is 2.71. The number of nitrogens with zero attached hydrogens (tertiary/aromatic N) is 2. The molecule has 3 nitrogen and oxygen atoms in total. The Morgan fingerprint density at radius 1 is 1.27 bits per heavy atom. The predicted molar refractivity (Wildman–Crippen MR) is 66.9 cm³/mol. The van der Waals surface area contributed by atoms with E-state index in [2.05, 4.69) is 27.6 Å². The second kappa shape index (κ2) is 5.16. The van der Waals surface area contributed by atoms with E-state index in [0.29, 0.717) is 6.61 Å². The molecule has 0 saturated carbocycles. The zero-order valence-electron chi connectivity index (χ0n) is 8.14. The molecular weight excluding hydrogens is 303 g/mol. The fourth-order valence-corrected chi connectivity index (χ4v) is 1.58. The number of aromatic nitrogens is 2. The molecule has 0 radical (unpaired) electrons. The van der Waals surface area contributed by atoms with Gasteiger partial charge in [0.15, 0.2) is 0 Å². The molecule has 0 aliphatic carbocycles. The Morgan fingerprint density at radius 2 is 2.07 bits per heavy atom. The Kier molecular flexibility index (Phi) is 3.60. The molecule has 0 aliphatic heterocycles. The van der Waals surface area contributed by atoms with Crippen molar-refractivity contribution >= 4 is 22.6 Å². The third-order valence-electron chi connectivity index (χ3n) is 1.99. The Hall–Kier alpha value is -1.04. The maximum atomic E-state index is 5.58. The largest absolute Gasteiger partial charge is 0.492 e. The zero-order valence-corrected chi connectivity index (χ0v) is 10.3. The number of benzene rings is 1. The van der Waals surface area contributed by atoms with Gasteiger partial charge in [-0.05, 0) is 46.9 Å². The molecule has 2 rings (SSSR count). The molecule has 4 heteroatoms. The van der Waals surface area contributed by atoms with E-state index in [-0.39, 0.29) is 0 Å². The maximum absolute atomic E-state index is 5.58. The number of rotatable bonds is 4. The van der Waals surface area contributed by atoms with Gasteiger partial charge in [0.05, 0.1) is 12.9 Å². The van der Waals surface area contributed by atoms with Gasteiger partial charge in [-0.3, -0.25) is 0 Å². The highest BCUT2D eigenvalue weighted by Gasteiger charge is 1.94. The molecule has 1 heterocycles. The smallest absolute Gasteiger partial charge is 0.119 e. The molecule has 0 aliphatic rings. The molecule has 0 N–H and O–H groups in total. The minimum atomic E-state index is 0.664. The molecule has 1 aromatic heterocycles. The highest BCUT2D eigenvalue weighted by atomic mass is 127. The zero-order chi connectivity index (χ0) is 10.5. The van der Waals surface area contributed by atoms with Gasteiger partial charge in [0, 0.05) is 16.0 Å². The number of ether oxygens (including phenoxy) is 1. The first-order chi connectivity index (χ1) is 7.34. The number of halogens is 1. The van der Waals surface area contributed by atoms with Gasteiger partial charge >= 0.3 is 0 Å². The quantitative estimate of drug-likeness (QED) is 0.811. The summed E-state index contributed by atoms with van der Waals surface area (Å²) < 4.78 is 8.79. The first kappa shape index (κ1) is 10.5. The van der Waals surface area contributed by atoms with Crippen LogP contribution < -0.4 is 4.74 Å². The third kappa shape index (κ3) is 3.23. The molecule has 0 spiro atoms. The van der Waals surface area contributed by atoms with Gasteiger partial charge in [-0.25, -0.2) is 4.98 Å². The van der Waals surface area contributed by atoms with E-state index in [1.807, 2.05) is 35.0 Å². The van der Waals surface area contributed by atoms with Crippen LogP contribution in [0.5, 0.6) is 5.75 Å². The normalized spacial score (nSPS) is 10.2. The van der Waals surface area contributed by atoms with Crippen LogP contribution in [-0.4, -0.2) is 16.2 Å². The second-order valence-corrected chi connectivity index (χ2v) is 4.35. The van der Waals surface area contributed by atoms with Gasteiger partial charge < -0.3 is 9.30 Å². The van der Waals surface area contributed by atoms with Gasteiger partial charge in [0.2, 0.25) is 0 Å².